The Morgan fingerprint density at radius 3 is 2.54 bits per heavy atom. The monoisotopic (exact) mass is 668 g/mol. The first-order chi connectivity index (χ1) is 18.5. The number of rotatable bonds is 8. The van der Waals surface area contributed by atoms with Crippen molar-refractivity contribution < 1.29 is 23.9 Å². The van der Waals surface area contributed by atoms with Crippen molar-refractivity contribution in [1.82, 2.24) is 4.90 Å². The first-order valence-electron chi connectivity index (χ1n) is 11.3. The number of thioether (sulfide) groups is 1. The van der Waals surface area contributed by atoms with E-state index in [1.54, 1.807) is 54.6 Å². The van der Waals surface area contributed by atoms with E-state index in [4.69, 9.17) is 44.3 Å². The van der Waals surface area contributed by atoms with Crippen LogP contribution < -0.4 is 14.8 Å². The lowest BCUT2D eigenvalue weighted by molar-refractivity contribution is -0.127. The minimum atomic E-state index is -0.574. The van der Waals surface area contributed by atoms with Gasteiger partial charge in [0, 0.05) is 26.3 Å². The van der Waals surface area contributed by atoms with Gasteiger partial charge in [0.25, 0.3) is 11.1 Å². The van der Waals surface area contributed by atoms with Gasteiger partial charge in [-0.3, -0.25) is 19.3 Å². The van der Waals surface area contributed by atoms with Gasteiger partial charge < -0.3 is 14.8 Å². The molecule has 4 rings (SSSR count). The second-order valence-corrected chi connectivity index (χ2v) is 11.4. The molecule has 0 atom stereocenters. The van der Waals surface area contributed by atoms with E-state index in [0.29, 0.717) is 42.3 Å². The van der Waals surface area contributed by atoms with E-state index in [9.17, 15) is 14.4 Å². The summed E-state index contributed by atoms with van der Waals surface area (Å²) in [4.78, 5) is 39.1. The van der Waals surface area contributed by atoms with Crippen molar-refractivity contribution in [3.8, 4) is 11.5 Å². The van der Waals surface area contributed by atoms with Crippen LogP contribution in [0, 0.1) is 6.92 Å². The number of carbonyl (C=O) groups excluding carboxylic acids is 3. The van der Waals surface area contributed by atoms with Crippen molar-refractivity contribution in [2.75, 3.05) is 19.0 Å². The molecule has 1 aliphatic rings. The van der Waals surface area contributed by atoms with Crippen LogP contribution in [0.5, 0.6) is 11.5 Å². The highest BCUT2D eigenvalue weighted by Crippen LogP contribution is 2.40. The second kappa shape index (κ2) is 12.7. The fraction of sp³-hybridized carbons (Fsp3) is 0.148. The summed E-state index contributed by atoms with van der Waals surface area (Å²) in [7, 11) is 1.49. The van der Waals surface area contributed by atoms with Crippen LogP contribution in [-0.2, 0) is 16.2 Å². The van der Waals surface area contributed by atoms with Gasteiger partial charge in [0.1, 0.15) is 13.2 Å². The van der Waals surface area contributed by atoms with Crippen LogP contribution in [0.15, 0.2) is 57.9 Å². The van der Waals surface area contributed by atoms with Gasteiger partial charge in [0.15, 0.2) is 11.5 Å². The highest BCUT2D eigenvalue weighted by molar-refractivity contribution is 9.10. The van der Waals surface area contributed by atoms with Crippen molar-refractivity contribution in [3.05, 3.63) is 89.7 Å². The van der Waals surface area contributed by atoms with E-state index in [-0.39, 0.29) is 11.5 Å². The molecule has 0 unspecified atom stereocenters. The molecular formula is C27H20BrCl3N2O5S. The predicted molar refractivity (Wildman–Crippen MR) is 159 cm³/mol. The number of imide groups is 1. The van der Waals surface area contributed by atoms with E-state index in [1.807, 2.05) is 6.92 Å². The number of carbonyl (C=O) groups is 3. The number of benzene rings is 3. The zero-order valence-corrected chi connectivity index (χ0v) is 25.2. The normalized spacial score (nSPS) is 14.2. The first kappa shape index (κ1) is 29.3. The lowest BCUT2D eigenvalue weighted by Crippen LogP contribution is -2.36. The maximum atomic E-state index is 13.0. The van der Waals surface area contributed by atoms with Gasteiger partial charge in [0.2, 0.25) is 5.91 Å². The standard InChI is InChI=1S/C27H20BrCl3N2O5S/c1-14-3-6-18(11-20(14)30)32-24(34)12-33-26(35)23(39-27(33)36)9-15-7-19(28)25(22(8-15)37-2)38-13-16-4-5-17(29)10-21(16)31/h3-11H,12-13H2,1-2H3,(H,32,34)/b23-9+. The molecular weight excluding hydrogens is 651 g/mol. The number of hydrogen-bond acceptors (Lipinski definition) is 6. The summed E-state index contributed by atoms with van der Waals surface area (Å²) in [5.74, 6) is -0.266. The van der Waals surface area contributed by atoms with Crippen LogP contribution >= 0.6 is 62.5 Å². The highest BCUT2D eigenvalue weighted by Gasteiger charge is 2.36. The molecule has 3 aromatic carbocycles. The van der Waals surface area contributed by atoms with Crippen LogP contribution in [-0.4, -0.2) is 35.6 Å². The summed E-state index contributed by atoms with van der Waals surface area (Å²) in [6.45, 7) is 1.58. The fourth-order valence-electron chi connectivity index (χ4n) is 3.55. The molecule has 1 N–H and O–H groups in total. The number of nitrogens with one attached hydrogen (secondary N) is 1. The van der Waals surface area contributed by atoms with Gasteiger partial charge >= 0.3 is 0 Å². The number of aryl methyl sites for hydroxylation is 1. The Morgan fingerprint density at radius 2 is 1.85 bits per heavy atom. The average molecular weight is 671 g/mol. The van der Waals surface area contributed by atoms with Crippen LogP contribution in [0.2, 0.25) is 15.1 Å². The molecule has 0 saturated carbocycles. The van der Waals surface area contributed by atoms with Gasteiger partial charge in [-0.25, -0.2) is 0 Å². The fourth-order valence-corrected chi connectivity index (χ4v) is 5.61. The first-order valence-corrected chi connectivity index (χ1v) is 14.1. The zero-order chi connectivity index (χ0) is 28.3. The third kappa shape index (κ3) is 7.10. The molecule has 1 fully saturated rings. The minimum Gasteiger partial charge on any atom is -0.493 e. The number of anilines is 1. The van der Waals surface area contributed by atoms with Crippen LogP contribution in [0.4, 0.5) is 10.5 Å². The van der Waals surface area contributed by atoms with Gasteiger partial charge in [-0.05, 0) is 88.2 Å². The van der Waals surface area contributed by atoms with E-state index in [2.05, 4.69) is 21.2 Å². The molecule has 0 bridgehead atoms. The maximum absolute atomic E-state index is 13.0. The Morgan fingerprint density at radius 1 is 1.08 bits per heavy atom. The zero-order valence-electron chi connectivity index (χ0n) is 20.5. The molecule has 202 valence electrons. The third-order valence-corrected chi connectivity index (χ3v) is 8.06. The Kier molecular flexibility index (Phi) is 9.51. The topological polar surface area (TPSA) is 84.9 Å². The molecule has 1 saturated heterocycles. The van der Waals surface area contributed by atoms with Gasteiger partial charge in [0.05, 0.1) is 16.5 Å². The molecule has 39 heavy (non-hydrogen) atoms. The maximum Gasteiger partial charge on any atom is 0.294 e. The number of amides is 3. The highest BCUT2D eigenvalue weighted by atomic mass is 79.9. The Bertz CT molecular complexity index is 1510. The number of nitrogens with zero attached hydrogens (tertiary/aromatic N) is 1. The van der Waals surface area contributed by atoms with Crippen LogP contribution in [0.3, 0.4) is 0 Å². The van der Waals surface area contributed by atoms with Crippen molar-refractivity contribution in [3.63, 3.8) is 0 Å². The molecule has 0 spiro atoms. The van der Waals surface area contributed by atoms with Crippen molar-refractivity contribution in [2.24, 2.45) is 0 Å². The van der Waals surface area contributed by atoms with E-state index < -0.39 is 23.6 Å². The Balaban J connectivity index is 1.47. The molecule has 3 aromatic rings. The molecule has 0 aromatic heterocycles. The van der Waals surface area contributed by atoms with Gasteiger partial charge in [-0.1, -0.05) is 46.9 Å². The molecule has 1 heterocycles. The molecule has 1 aliphatic heterocycles. The summed E-state index contributed by atoms with van der Waals surface area (Å²) in [5.41, 5.74) is 2.65. The summed E-state index contributed by atoms with van der Waals surface area (Å²) in [5, 5.41) is 3.59. The SMILES string of the molecule is COc1cc(/C=C2/SC(=O)N(CC(=O)Nc3ccc(C)c(Cl)c3)C2=O)cc(Br)c1OCc1ccc(Cl)cc1Cl. The predicted octanol–water partition coefficient (Wildman–Crippen LogP) is 7.98. The molecule has 0 aliphatic carbocycles. The summed E-state index contributed by atoms with van der Waals surface area (Å²) >= 11 is 22.5. The smallest absolute Gasteiger partial charge is 0.294 e. The molecule has 0 radical (unpaired) electrons. The van der Waals surface area contributed by atoms with Crippen molar-refractivity contribution in [2.45, 2.75) is 13.5 Å². The van der Waals surface area contributed by atoms with Crippen molar-refractivity contribution >= 4 is 91.3 Å². The number of hydrogen-bond donors (Lipinski definition) is 1. The van der Waals surface area contributed by atoms with Crippen LogP contribution in [0.1, 0.15) is 16.7 Å². The largest absolute Gasteiger partial charge is 0.493 e. The van der Waals surface area contributed by atoms with Gasteiger partial charge in [-0.2, -0.15) is 0 Å². The Hall–Kier alpha value is -2.69. The van der Waals surface area contributed by atoms with Gasteiger partial charge in [-0.15, -0.1) is 0 Å². The lowest BCUT2D eigenvalue weighted by Gasteiger charge is -2.14. The van der Waals surface area contributed by atoms with E-state index in [0.717, 1.165) is 27.8 Å². The molecule has 3 amide bonds. The van der Waals surface area contributed by atoms with Crippen molar-refractivity contribution in [1.29, 1.82) is 0 Å². The molecule has 7 nitrogen and oxygen atoms in total. The number of methoxy groups -OCH3 is 1. The van der Waals surface area contributed by atoms with Crippen LogP contribution in [0.25, 0.3) is 6.08 Å². The minimum absolute atomic E-state index is 0.167. The number of ether oxygens (including phenoxy) is 2. The summed E-state index contributed by atoms with van der Waals surface area (Å²) < 4.78 is 12.0. The molecule has 12 heteroatoms. The summed E-state index contributed by atoms with van der Waals surface area (Å²) in [6, 6.07) is 13.6. The quantitative estimate of drug-likeness (QED) is 0.245. The summed E-state index contributed by atoms with van der Waals surface area (Å²) in [6.07, 6.45) is 1.55. The third-order valence-electron chi connectivity index (χ3n) is 5.57. The second-order valence-electron chi connectivity index (χ2n) is 8.34. The average Bonchev–Trinajstić information content (AvgIpc) is 3.13. The number of halogens is 4. The van der Waals surface area contributed by atoms with E-state index >= 15 is 0 Å². The van der Waals surface area contributed by atoms with E-state index in [1.165, 1.54) is 7.11 Å². The lowest BCUT2D eigenvalue weighted by atomic mass is 10.1. The Labute approximate surface area is 252 Å².